The fraction of sp³-hybridized carbons (Fsp3) is 0.0455. The zero-order valence-electron chi connectivity index (χ0n) is 13.5. The van der Waals surface area contributed by atoms with Crippen molar-refractivity contribution < 1.29 is 9.53 Å². The van der Waals surface area contributed by atoms with Crippen molar-refractivity contribution in [3.63, 3.8) is 0 Å². The van der Waals surface area contributed by atoms with Gasteiger partial charge in [0.05, 0.1) is 5.56 Å². The lowest BCUT2D eigenvalue weighted by atomic mass is 10.1. The number of carbonyl (C=O) groups is 1. The zero-order valence-corrected chi connectivity index (χ0v) is 14.4. The molecule has 25 heavy (non-hydrogen) atoms. The summed E-state index contributed by atoms with van der Waals surface area (Å²) in [5.41, 5.74) is 1.53. The third-order valence-corrected chi connectivity index (χ3v) is 4.52. The molecule has 2 nitrogen and oxygen atoms in total. The Morgan fingerprint density at radius 2 is 1.44 bits per heavy atom. The highest BCUT2D eigenvalue weighted by molar-refractivity contribution is 7.80. The molecule has 0 N–H and O–H groups in total. The summed E-state index contributed by atoms with van der Waals surface area (Å²) in [6, 6.07) is 25.6. The second-order valence-electron chi connectivity index (χ2n) is 6.00. The lowest BCUT2D eigenvalue weighted by Gasteiger charge is -2.07. The summed E-state index contributed by atoms with van der Waals surface area (Å²) in [6.07, 6.45) is 0. The zero-order chi connectivity index (χ0) is 17.2. The topological polar surface area (TPSA) is 26.3 Å². The maximum absolute atomic E-state index is 12.4. The molecule has 0 unspecified atom stereocenters. The van der Waals surface area contributed by atoms with Crippen LogP contribution >= 0.6 is 12.6 Å². The summed E-state index contributed by atoms with van der Waals surface area (Å²) in [7, 11) is 0. The normalized spacial score (nSPS) is 10.9. The Morgan fingerprint density at radius 3 is 2.32 bits per heavy atom. The summed E-state index contributed by atoms with van der Waals surface area (Å²) in [5, 5.41) is 4.37. The third-order valence-electron chi connectivity index (χ3n) is 4.24. The van der Waals surface area contributed by atoms with Gasteiger partial charge in [0.1, 0.15) is 6.61 Å². The van der Waals surface area contributed by atoms with Crippen LogP contribution < -0.4 is 0 Å². The molecule has 3 heteroatoms. The van der Waals surface area contributed by atoms with Crippen LogP contribution in [0.5, 0.6) is 0 Å². The largest absolute Gasteiger partial charge is 0.457 e. The molecule has 4 aromatic carbocycles. The molecule has 0 fully saturated rings. The van der Waals surface area contributed by atoms with Crippen LogP contribution in [0.2, 0.25) is 0 Å². The number of carbonyl (C=O) groups excluding carboxylic acids is 1. The van der Waals surface area contributed by atoms with E-state index in [9.17, 15) is 4.79 Å². The van der Waals surface area contributed by atoms with Gasteiger partial charge in [-0.05, 0) is 57.4 Å². The number of rotatable bonds is 3. The summed E-state index contributed by atoms with van der Waals surface area (Å²) in [6.45, 7) is 0.261. The van der Waals surface area contributed by atoms with E-state index in [-0.39, 0.29) is 12.6 Å². The van der Waals surface area contributed by atoms with Gasteiger partial charge in [0.15, 0.2) is 0 Å². The lowest BCUT2D eigenvalue weighted by Crippen LogP contribution is -2.05. The van der Waals surface area contributed by atoms with Gasteiger partial charge in [0, 0.05) is 4.90 Å². The van der Waals surface area contributed by atoms with E-state index in [1.165, 1.54) is 5.39 Å². The number of hydrogen-bond donors (Lipinski definition) is 1. The molecule has 4 rings (SSSR count). The third kappa shape index (κ3) is 3.37. The highest BCUT2D eigenvalue weighted by Crippen LogP contribution is 2.21. The first-order valence-corrected chi connectivity index (χ1v) is 8.51. The number of fused-ring (bicyclic) bond motifs is 2. The van der Waals surface area contributed by atoms with E-state index in [4.69, 9.17) is 4.74 Å². The summed E-state index contributed by atoms with van der Waals surface area (Å²) in [4.78, 5) is 13.3. The SMILES string of the molecule is O=C(OCc1ccc2ccccc2c1)c1ccc2cc(S)ccc2c1. The van der Waals surface area contributed by atoms with Crippen molar-refractivity contribution in [3.8, 4) is 0 Å². The first kappa shape index (κ1) is 15.7. The monoisotopic (exact) mass is 344 g/mol. The molecule has 4 aromatic rings. The number of hydrogen-bond acceptors (Lipinski definition) is 3. The fourth-order valence-electron chi connectivity index (χ4n) is 2.92. The number of thiol groups is 1. The van der Waals surface area contributed by atoms with Gasteiger partial charge in [-0.2, -0.15) is 0 Å². The quantitative estimate of drug-likeness (QED) is 0.384. The van der Waals surface area contributed by atoms with Crippen molar-refractivity contribution >= 4 is 40.1 Å². The Hall–Kier alpha value is -2.78. The average Bonchev–Trinajstić information content (AvgIpc) is 2.65. The van der Waals surface area contributed by atoms with Crippen molar-refractivity contribution in [3.05, 3.63) is 90.0 Å². The van der Waals surface area contributed by atoms with E-state index in [0.717, 1.165) is 26.6 Å². The summed E-state index contributed by atoms with van der Waals surface area (Å²) in [5.74, 6) is -0.315. The second kappa shape index (κ2) is 6.61. The molecule has 0 aliphatic carbocycles. The van der Waals surface area contributed by atoms with Crippen LogP contribution in [0.4, 0.5) is 0 Å². The molecule has 0 spiro atoms. The standard InChI is InChI=1S/C22H16O2S/c23-22(20-8-7-19-13-21(25)10-9-18(19)12-20)24-14-15-5-6-16-3-1-2-4-17(16)11-15/h1-13,25H,14H2. The van der Waals surface area contributed by atoms with E-state index in [0.29, 0.717) is 5.56 Å². The average molecular weight is 344 g/mol. The Morgan fingerprint density at radius 1 is 0.760 bits per heavy atom. The highest BCUT2D eigenvalue weighted by Gasteiger charge is 2.09. The van der Waals surface area contributed by atoms with Gasteiger partial charge in [0.25, 0.3) is 0 Å². The molecule has 0 saturated heterocycles. The smallest absolute Gasteiger partial charge is 0.338 e. The van der Waals surface area contributed by atoms with Gasteiger partial charge < -0.3 is 4.74 Å². The molecule has 0 aliphatic rings. The van der Waals surface area contributed by atoms with E-state index in [2.05, 4.69) is 30.8 Å². The van der Waals surface area contributed by atoms with Crippen LogP contribution in [-0.2, 0) is 11.3 Å². The second-order valence-corrected chi connectivity index (χ2v) is 6.52. The van der Waals surface area contributed by atoms with Crippen LogP contribution in [-0.4, -0.2) is 5.97 Å². The van der Waals surface area contributed by atoms with Gasteiger partial charge in [-0.1, -0.05) is 48.5 Å². The molecule has 0 heterocycles. The molecular formula is C22H16O2S. The van der Waals surface area contributed by atoms with Crippen LogP contribution in [0.3, 0.4) is 0 Å². The van der Waals surface area contributed by atoms with Gasteiger partial charge in [0.2, 0.25) is 0 Å². The predicted molar refractivity (Wildman–Crippen MR) is 104 cm³/mol. The Bertz CT molecular complexity index is 1090. The minimum atomic E-state index is -0.315. The van der Waals surface area contributed by atoms with Crippen LogP contribution in [0.15, 0.2) is 83.8 Å². The van der Waals surface area contributed by atoms with Crippen LogP contribution in [0, 0.1) is 0 Å². The highest BCUT2D eigenvalue weighted by atomic mass is 32.1. The maximum atomic E-state index is 12.4. The van der Waals surface area contributed by atoms with Crippen molar-refractivity contribution in [1.82, 2.24) is 0 Å². The van der Waals surface area contributed by atoms with Crippen LogP contribution in [0.1, 0.15) is 15.9 Å². The Labute approximate surface area is 151 Å². The molecule has 0 aliphatic heterocycles. The van der Waals surface area contributed by atoms with E-state index >= 15 is 0 Å². The molecule has 122 valence electrons. The van der Waals surface area contributed by atoms with Crippen molar-refractivity contribution in [2.24, 2.45) is 0 Å². The Kier molecular flexibility index (Phi) is 4.16. The van der Waals surface area contributed by atoms with Gasteiger partial charge in [-0.25, -0.2) is 4.79 Å². The number of benzene rings is 4. The minimum Gasteiger partial charge on any atom is -0.457 e. The predicted octanol–water partition coefficient (Wildman–Crippen LogP) is 5.64. The summed E-state index contributed by atoms with van der Waals surface area (Å²) < 4.78 is 5.48. The number of esters is 1. The number of ether oxygens (including phenoxy) is 1. The van der Waals surface area contributed by atoms with Crippen molar-refractivity contribution in [2.75, 3.05) is 0 Å². The van der Waals surface area contributed by atoms with Crippen LogP contribution in [0.25, 0.3) is 21.5 Å². The fourth-order valence-corrected chi connectivity index (χ4v) is 3.13. The van der Waals surface area contributed by atoms with E-state index < -0.39 is 0 Å². The van der Waals surface area contributed by atoms with E-state index in [1.54, 1.807) is 6.07 Å². The minimum absolute atomic E-state index is 0.261. The molecular weight excluding hydrogens is 328 g/mol. The summed E-state index contributed by atoms with van der Waals surface area (Å²) >= 11 is 4.33. The molecule has 0 saturated carbocycles. The molecule has 0 atom stereocenters. The van der Waals surface area contributed by atoms with E-state index in [1.807, 2.05) is 54.6 Å². The van der Waals surface area contributed by atoms with Crippen molar-refractivity contribution in [2.45, 2.75) is 11.5 Å². The first-order valence-electron chi connectivity index (χ1n) is 8.07. The van der Waals surface area contributed by atoms with Crippen molar-refractivity contribution in [1.29, 1.82) is 0 Å². The lowest BCUT2D eigenvalue weighted by molar-refractivity contribution is 0.0473. The van der Waals surface area contributed by atoms with Gasteiger partial charge >= 0.3 is 5.97 Å². The molecule has 0 aromatic heterocycles. The van der Waals surface area contributed by atoms with Gasteiger partial charge in [-0.15, -0.1) is 12.6 Å². The molecule has 0 bridgehead atoms. The Balaban J connectivity index is 1.52. The molecule has 0 radical (unpaired) electrons. The molecule has 0 amide bonds. The maximum Gasteiger partial charge on any atom is 0.338 e. The van der Waals surface area contributed by atoms with Gasteiger partial charge in [-0.3, -0.25) is 0 Å². The first-order chi connectivity index (χ1) is 12.2.